The van der Waals surface area contributed by atoms with E-state index in [1.165, 1.54) is 53.1 Å². The highest BCUT2D eigenvalue weighted by atomic mass is 19.1. The van der Waals surface area contributed by atoms with Gasteiger partial charge in [0.25, 0.3) is 5.56 Å². The van der Waals surface area contributed by atoms with Gasteiger partial charge in [-0.2, -0.15) is 0 Å². The summed E-state index contributed by atoms with van der Waals surface area (Å²) in [5, 5.41) is 2.59. The van der Waals surface area contributed by atoms with Gasteiger partial charge in [0, 0.05) is 12.0 Å². The average molecular weight is 488 g/mol. The number of carbonyl (C=O) groups is 2. The number of anilines is 1. The van der Waals surface area contributed by atoms with Crippen molar-refractivity contribution in [3.05, 3.63) is 111 Å². The molecule has 2 aromatic heterocycles. The molecule has 2 aromatic carbocycles. The van der Waals surface area contributed by atoms with Gasteiger partial charge >= 0.3 is 0 Å². The maximum atomic E-state index is 13.5. The predicted octanol–water partition coefficient (Wildman–Crippen LogP) is 4.52. The summed E-state index contributed by atoms with van der Waals surface area (Å²) in [4.78, 5) is 46.9. The van der Waals surface area contributed by atoms with E-state index in [9.17, 15) is 23.2 Å². The molecule has 0 spiro atoms. The summed E-state index contributed by atoms with van der Waals surface area (Å²) in [5.74, 6) is -1.32. The second kappa shape index (κ2) is 10.4. The van der Waals surface area contributed by atoms with Crippen molar-refractivity contribution in [3.63, 3.8) is 0 Å². The third-order valence-electron chi connectivity index (χ3n) is 5.46. The molecule has 0 saturated carbocycles. The van der Waals surface area contributed by atoms with Crippen LogP contribution in [-0.4, -0.2) is 26.2 Å². The van der Waals surface area contributed by atoms with Crippen LogP contribution in [0, 0.1) is 18.6 Å². The van der Waals surface area contributed by atoms with Crippen LogP contribution in [0.5, 0.6) is 0 Å². The highest BCUT2D eigenvalue weighted by Crippen LogP contribution is 2.21. The zero-order valence-electron chi connectivity index (χ0n) is 19.6. The van der Waals surface area contributed by atoms with Crippen molar-refractivity contribution in [3.8, 4) is 11.3 Å². The molecule has 4 aromatic rings. The summed E-state index contributed by atoms with van der Waals surface area (Å²) in [6.07, 6.45) is 0.194. The lowest BCUT2D eigenvalue weighted by atomic mass is 10.1. The maximum absolute atomic E-state index is 13.5. The van der Waals surface area contributed by atoms with E-state index in [1.54, 1.807) is 32.0 Å². The minimum atomic E-state index is -0.485. The topological polar surface area (TPSA) is 93.9 Å². The van der Waals surface area contributed by atoms with E-state index < -0.39 is 23.0 Å². The SMILES string of the molecule is CCC(=O)Nc1ccc(-c2ccc(F)cc2)n(Cc2cc(C(=O)c3ccc(F)cc3)nc(C)n2)c1=O. The highest BCUT2D eigenvalue weighted by molar-refractivity contribution is 6.07. The maximum Gasteiger partial charge on any atom is 0.275 e. The molecule has 0 atom stereocenters. The lowest BCUT2D eigenvalue weighted by molar-refractivity contribution is -0.115. The molecular weight excluding hydrogens is 466 g/mol. The van der Waals surface area contributed by atoms with E-state index in [1.807, 2.05) is 0 Å². The number of hydrogen-bond donors (Lipinski definition) is 1. The summed E-state index contributed by atoms with van der Waals surface area (Å²) in [6, 6.07) is 15.4. The molecule has 0 radical (unpaired) electrons. The third kappa shape index (κ3) is 5.41. The minimum absolute atomic E-state index is 0.0472. The van der Waals surface area contributed by atoms with Crippen molar-refractivity contribution in [2.75, 3.05) is 5.32 Å². The van der Waals surface area contributed by atoms with Gasteiger partial charge in [0.1, 0.15) is 28.8 Å². The van der Waals surface area contributed by atoms with E-state index >= 15 is 0 Å². The second-order valence-corrected chi connectivity index (χ2v) is 8.06. The summed E-state index contributed by atoms with van der Waals surface area (Å²) >= 11 is 0. The molecule has 36 heavy (non-hydrogen) atoms. The van der Waals surface area contributed by atoms with Gasteiger partial charge in [0.05, 0.1) is 17.9 Å². The first-order chi connectivity index (χ1) is 17.2. The Kier molecular flexibility index (Phi) is 7.10. The Hall–Kier alpha value is -4.53. The zero-order valence-corrected chi connectivity index (χ0v) is 19.6. The molecule has 0 aliphatic carbocycles. The van der Waals surface area contributed by atoms with Gasteiger partial charge in [-0.15, -0.1) is 0 Å². The van der Waals surface area contributed by atoms with Crippen LogP contribution in [-0.2, 0) is 11.3 Å². The first-order valence-corrected chi connectivity index (χ1v) is 11.2. The minimum Gasteiger partial charge on any atom is -0.321 e. The molecule has 0 aliphatic rings. The fraction of sp³-hybridized carbons (Fsp3) is 0.148. The number of nitrogens with zero attached hydrogens (tertiary/aromatic N) is 3. The molecule has 0 saturated heterocycles. The molecule has 1 N–H and O–H groups in total. The van der Waals surface area contributed by atoms with Gasteiger partial charge < -0.3 is 9.88 Å². The van der Waals surface area contributed by atoms with Crippen LogP contribution >= 0.6 is 0 Å². The Labute approximate surface area is 205 Å². The number of rotatable bonds is 7. The van der Waals surface area contributed by atoms with Crippen LogP contribution in [0.2, 0.25) is 0 Å². The number of carbonyl (C=O) groups excluding carboxylic acids is 2. The molecule has 2 heterocycles. The highest BCUT2D eigenvalue weighted by Gasteiger charge is 2.17. The molecule has 0 unspecified atom stereocenters. The number of ketones is 1. The van der Waals surface area contributed by atoms with Crippen molar-refractivity contribution in [2.45, 2.75) is 26.8 Å². The Morgan fingerprint density at radius 3 is 2.19 bits per heavy atom. The summed E-state index contributed by atoms with van der Waals surface area (Å²) < 4.78 is 28.2. The molecule has 0 bridgehead atoms. The Bertz CT molecular complexity index is 1500. The van der Waals surface area contributed by atoms with E-state index in [0.29, 0.717) is 22.8 Å². The van der Waals surface area contributed by atoms with E-state index in [2.05, 4.69) is 15.3 Å². The van der Waals surface area contributed by atoms with Crippen LogP contribution in [0.25, 0.3) is 11.3 Å². The quantitative estimate of drug-likeness (QED) is 0.386. The fourth-order valence-corrected chi connectivity index (χ4v) is 3.68. The number of benzene rings is 2. The fourth-order valence-electron chi connectivity index (χ4n) is 3.68. The van der Waals surface area contributed by atoms with Crippen LogP contribution < -0.4 is 10.9 Å². The molecule has 0 aliphatic heterocycles. The Morgan fingerprint density at radius 1 is 0.917 bits per heavy atom. The molecule has 1 amide bonds. The van der Waals surface area contributed by atoms with Gasteiger partial charge in [-0.3, -0.25) is 14.4 Å². The van der Waals surface area contributed by atoms with Gasteiger partial charge in [-0.05, 0) is 79.2 Å². The number of hydrogen-bond acceptors (Lipinski definition) is 5. The van der Waals surface area contributed by atoms with Gasteiger partial charge in [0.2, 0.25) is 11.7 Å². The first kappa shape index (κ1) is 24.6. The van der Waals surface area contributed by atoms with E-state index in [-0.39, 0.29) is 35.8 Å². The lowest BCUT2D eigenvalue weighted by Crippen LogP contribution is -2.27. The van der Waals surface area contributed by atoms with Crippen LogP contribution in [0.15, 0.2) is 71.5 Å². The van der Waals surface area contributed by atoms with E-state index in [0.717, 1.165) is 0 Å². The number of aromatic nitrogens is 3. The average Bonchev–Trinajstić information content (AvgIpc) is 2.86. The standard InChI is InChI=1S/C27H22F2N4O3/c1-3-25(34)32-22-12-13-24(17-4-8-19(28)9-5-17)33(27(22)36)15-21-14-23(31-16(2)30-21)26(35)18-6-10-20(29)11-7-18/h4-14H,3,15H2,1-2H3,(H,32,34). The molecule has 4 rings (SSSR count). The molecule has 0 fully saturated rings. The molecular formula is C27H22F2N4O3. The van der Waals surface area contributed by atoms with Gasteiger partial charge in [0.15, 0.2) is 0 Å². The summed E-state index contributed by atoms with van der Waals surface area (Å²) in [5.41, 5.74) is 1.37. The van der Waals surface area contributed by atoms with Crippen LogP contribution in [0.3, 0.4) is 0 Å². The zero-order chi connectivity index (χ0) is 25.8. The monoisotopic (exact) mass is 488 g/mol. The Balaban J connectivity index is 1.78. The van der Waals surface area contributed by atoms with Crippen molar-refractivity contribution in [1.29, 1.82) is 0 Å². The smallest absolute Gasteiger partial charge is 0.275 e. The molecule has 9 heteroatoms. The molecule has 7 nitrogen and oxygen atoms in total. The number of aryl methyl sites for hydroxylation is 1. The second-order valence-electron chi connectivity index (χ2n) is 8.06. The van der Waals surface area contributed by atoms with Crippen LogP contribution in [0.4, 0.5) is 14.5 Å². The Morgan fingerprint density at radius 2 is 1.56 bits per heavy atom. The van der Waals surface area contributed by atoms with Gasteiger partial charge in [-0.25, -0.2) is 18.7 Å². The number of amides is 1. The third-order valence-corrected chi connectivity index (χ3v) is 5.46. The van der Waals surface area contributed by atoms with Gasteiger partial charge in [-0.1, -0.05) is 6.92 Å². The van der Waals surface area contributed by atoms with Crippen molar-refractivity contribution in [2.24, 2.45) is 0 Å². The molecule has 182 valence electrons. The van der Waals surface area contributed by atoms with Crippen molar-refractivity contribution in [1.82, 2.24) is 14.5 Å². The first-order valence-electron chi connectivity index (χ1n) is 11.2. The summed E-state index contributed by atoms with van der Waals surface area (Å²) in [7, 11) is 0. The number of nitrogens with one attached hydrogen (secondary N) is 1. The predicted molar refractivity (Wildman–Crippen MR) is 131 cm³/mol. The van der Waals surface area contributed by atoms with Crippen molar-refractivity contribution >= 4 is 17.4 Å². The summed E-state index contributed by atoms with van der Waals surface area (Å²) in [6.45, 7) is 3.24. The largest absolute Gasteiger partial charge is 0.321 e. The number of halogens is 2. The normalized spacial score (nSPS) is 10.8. The lowest BCUT2D eigenvalue weighted by Gasteiger charge is -2.16. The van der Waals surface area contributed by atoms with Crippen LogP contribution in [0.1, 0.15) is 40.9 Å². The van der Waals surface area contributed by atoms with E-state index in [4.69, 9.17) is 0 Å². The van der Waals surface area contributed by atoms with Crippen molar-refractivity contribution < 1.29 is 18.4 Å². The number of pyridine rings is 1.